The lowest BCUT2D eigenvalue weighted by Gasteiger charge is -2.07. The van der Waals surface area contributed by atoms with Gasteiger partial charge in [-0.15, -0.1) is 0 Å². The number of carbonyl (C=O) groups is 1. The fourth-order valence-electron chi connectivity index (χ4n) is 1.91. The summed E-state index contributed by atoms with van der Waals surface area (Å²) in [5.41, 5.74) is -0.144. The smallest absolute Gasteiger partial charge is 0.267 e. The lowest BCUT2D eigenvalue weighted by Crippen LogP contribution is -2.31. The maximum atomic E-state index is 13.5. The molecule has 0 fully saturated rings. The van der Waals surface area contributed by atoms with Crippen molar-refractivity contribution in [1.29, 1.82) is 0 Å². The predicted molar refractivity (Wildman–Crippen MR) is 79.0 cm³/mol. The lowest BCUT2D eigenvalue weighted by molar-refractivity contribution is 0.0981. The third kappa shape index (κ3) is 4.59. The molecule has 124 valence electrons. The first-order chi connectivity index (χ1) is 10.8. The van der Waals surface area contributed by atoms with Crippen molar-refractivity contribution in [3.05, 3.63) is 53.4 Å². The van der Waals surface area contributed by atoms with Gasteiger partial charge >= 0.3 is 0 Å². The molecule has 1 aromatic heterocycles. The van der Waals surface area contributed by atoms with Crippen LogP contribution in [0, 0.1) is 11.6 Å². The number of benzene rings is 1. The number of halogens is 2. The summed E-state index contributed by atoms with van der Waals surface area (Å²) < 4.78 is 53.5. The first-order valence-electron chi connectivity index (χ1n) is 6.82. The Morgan fingerprint density at radius 2 is 2.09 bits per heavy atom. The molecule has 0 aliphatic rings. The Morgan fingerprint density at radius 3 is 2.74 bits per heavy atom. The Labute approximate surface area is 132 Å². The van der Waals surface area contributed by atoms with Crippen LogP contribution in [-0.2, 0) is 22.3 Å². The van der Waals surface area contributed by atoms with Crippen LogP contribution in [-0.4, -0.2) is 24.1 Å². The summed E-state index contributed by atoms with van der Waals surface area (Å²) >= 11 is 0. The molecule has 0 saturated heterocycles. The molecule has 1 aromatic carbocycles. The van der Waals surface area contributed by atoms with E-state index in [0.717, 1.165) is 18.6 Å². The number of hydrogen-bond acceptors (Lipinski definition) is 4. The average Bonchev–Trinajstić information content (AvgIpc) is 2.91. The Hall–Kier alpha value is -2.29. The van der Waals surface area contributed by atoms with Crippen LogP contribution in [0.2, 0.25) is 0 Å². The Balaban J connectivity index is 2.09. The zero-order valence-corrected chi connectivity index (χ0v) is 13.1. The standard InChI is InChI=1S/C14H15F2N3O3S/c1-2-5-19-8-11(7-17-19)14(20)18-23(21,22)9-10-3-4-12(15)6-13(10)16/h3-4,6-8H,2,5,9H2,1H3,(H,18,20). The number of aromatic nitrogens is 2. The van der Waals surface area contributed by atoms with Crippen LogP contribution in [0.15, 0.2) is 30.6 Å². The number of amides is 1. The number of sulfonamides is 1. The van der Waals surface area contributed by atoms with Gasteiger partial charge in [0.25, 0.3) is 5.91 Å². The van der Waals surface area contributed by atoms with E-state index in [2.05, 4.69) is 5.10 Å². The van der Waals surface area contributed by atoms with E-state index in [4.69, 9.17) is 0 Å². The number of hydrogen-bond donors (Lipinski definition) is 1. The first kappa shape index (κ1) is 17.1. The normalized spacial score (nSPS) is 11.4. The van der Waals surface area contributed by atoms with Gasteiger partial charge < -0.3 is 0 Å². The van der Waals surface area contributed by atoms with E-state index in [1.807, 2.05) is 11.6 Å². The van der Waals surface area contributed by atoms with Crippen molar-refractivity contribution in [3.8, 4) is 0 Å². The first-order valence-corrected chi connectivity index (χ1v) is 8.47. The quantitative estimate of drug-likeness (QED) is 0.868. The maximum Gasteiger partial charge on any atom is 0.267 e. The van der Waals surface area contributed by atoms with Crippen LogP contribution in [0.5, 0.6) is 0 Å². The van der Waals surface area contributed by atoms with Gasteiger partial charge in [-0.05, 0) is 12.5 Å². The van der Waals surface area contributed by atoms with Crippen molar-refractivity contribution in [3.63, 3.8) is 0 Å². The third-order valence-corrected chi connectivity index (χ3v) is 4.14. The molecule has 0 radical (unpaired) electrons. The van der Waals surface area contributed by atoms with Gasteiger partial charge in [-0.25, -0.2) is 21.9 Å². The second kappa shape index (κ2) is 6.86. The van der Waals surface area contributed by atoms with Gasteiger partial charge in [0.15, 0.2) is 0 Å². The van der Waals surface area contributed by atoms with Gasteiger partial charge in [0.1, 0.15) is 11.6 Å². The van der Waals surface area contributed by atoms with Gasteiger partial charge in [-0.3, -0.25) is 9.48 Å². The Bertz CT molecular complexity index is 818. The molecule has 1 amide bonds. The largest absolute Gasteiger partial charge is 0.272 e. The van der Waals surface area contributed by atoms with E-state index < -0.39 is 33.3 Å². The molecule has 2 rings (SSSR count). The number of aryl methyl sites for hydroxylation is 1. The minimum absolute atomic E-state index is 0.0848. The van der Waals surface area contributed by atoms with Gasteiger partial charge in [-0.2, -0.15) is 5.10 Å². The summed E-state index contributed by atoms with van der Waals surface area (Å²) in [5, 5.41) is 3.92. The highest BCUT2D eigenvalue weighted by Gasteiger charge is 2.20. The molecule has 9 heteroatoms. The molecule has 6 nitrogen and oxygen atoms in total. The summed E-state index contributed by atoms with van der Waals surface area (Å²) in [6.45, 7) is 2.53. The monoisotopic (exact) mass is 343 g/mol. The van der Waals surface area contributed by atoms with E-state index in [9.17, 15) is 22.0 Å². The van der Waals surface area contributed by atoms with Crippen molar-refractivity contribution in [1.82, 2.24) is 14.5 Å². The molecular weight excluding hydrogens is 328 g/mol. The van der Waals surface area contributed by atoms with E-state index in [0.29, 0.717) is 12.6 Å². The minimum atomic E-state index is -4.12. The summed E-state index contributed by atoms with van der Waals surface area (Å²) in [6, 6.07) is 2.56. The second-order valence-electron chi connectivity index (χ2n) is 4.92. The Kier molecular flexibility index (Phi) is 5.09. The zero-order chi connectivity index (χ0) is 17.0. The van der Waals surface area contributed by atoms with E-state index in [1.54, 1.807) is 0 Å². The van der Waals surface area contributed by atoms with Crippen LogP contribution in [0.4, 0.5) is 8.78 Å². The van der Waals surface area contributed by atoms with Gasteiger partial charge in [-0.1, -0.05) is 13.0 Å². The summed E-state index contributed by atoms with van der Waals surface area (Å²) in [7, 11) is -4.12. The number of rotatable bonds is 6. The Morgan fingerprint density at radius 1 is 1.35 bits per heavy atom. The molecule has 0 atom stereocenters. The number of carbonyl (C=O) groups excluding carboxylic acids is 1. The SMILES string of the molecule is CCCn1cc(C(=O)NS(=O)(=O)Cc2ccc(F)cc2F)cn1. The molecule has 1 N–H and O–H groups in total. The van der Waals surface area contributed by atoms with Crippen molar-refractivity contribution >= 4 is 15.9 Å². The molecule has 0 aliphatic heterocycles. The number of nitrogens with one attached hydrogen (secondary N) is 1. The van der Waals surface area contributed by atoms with E-state index >= 15 is 0 Å². The van der Waals surface area contributed by atoms with E-state index in [1.165, 1.54) is 17.1 Å². The van der Waals surface area contributed by atoms with Crippen molar-refractivity contribution < 1.29 is 22.0 Å². The zero-order valence-electron chi connectivity index (χ0n) is 12.3. The third-order valence-electron chi connectivity index (χ3n) is 2.96. The fraction of sp³-hybridized carbons (Fsp3) is 0.286. The molecule has 0 spiro atoms. The molecule has 0 aliphatic carbocycles. The molecular formula is C14H15F2N3O3S. The highest BCUT2D eigenvalue weighted by atomic mass is 32.2. The van der Waals surface area contributed by atoms with Crippen LogP contribution >= 0.6 is 0 Å². The molecule has 0 bridgehead atoms. The van der Waals surface area contributed by atoms with Crippen LogP contribution < -0.4 is 4.72 Å². The molecule has 0 unspecified atom stereocenters. The predicted octanol–water partition coefficient (Wildman–Crippen LogP) is 1.83. The number of nitrogens with zero attached hydrogens (tertiary/aromatic N) is 2. The van der Waals surface area contributed by atoms with Crippen molar-refractivity contribution in [2.75, 3.05) is 0 Å². The van der Waals surface area contributed by atoms with Crippen LogP contribution in [0.1, 0.15) is 29.3 Å². The average molecular weight is 343 g/mol. The van der Waals surface area contributed by atoms with Gasteiger partial charge in [0, 0.05) is 24.4 Å². The molecule has 0 saturated carbocycles. The maximum absolute atomic E-state index is 13.5. The molecule has 23 heavy (non-hydrogen) atoms. The topological polar surface area (TPSA) is 81.1 Å². The summed E-state index contributed by atoms with van der Waals surface area (Å²) in [4.78, 5) is 11.9. The molecule has 2 aromatic rings. The van der Waals surface area contributed by atoms with Gasteiger partial charge in [0.05, 0.1) is 17.5 Å². The summed E-state index contributed by atoms with van der Waals surface area (Å²) in [5.74, 6) is -3.42. The summed E-state index contributed by atoms with van der Waals surface area (Å²) in [6.07, 6.45) is 3.48. The lowest BCUT2D eigenvalue weighted by atomic mass is 10.2. The fourth-order valence-corrected chi connectivity index (χ4v) is 3.03. The van der Waals surface area contributed by atoms with Gasteiger partial charge in [0.2, 0.25) is 10.0 Å². The highest BCUT2D eigenvalue weighted by Crippen LogP contribution is 2.12. The van der Waals surface area contributed by atoms with Crippen LogP contribution in [0.25, 0.3) is 0 Å². The van der Waals surface area contributed by atoms with E-state index in [-0.39, 0.29) is 11.1 Å². The van der Waals surface area contributed by atoms with Crippen molar-refractivity contribution in [2.45, 2.75) is 25.6 Å². The van der Waals surface area contributed by atoms with Crippen LogP contribution in [0.3, 0.4) is 0 Å². The highest BCUT2D eigenvalue weighted by molar-refractivity contribution is 7.89. The second-order valence-corrected chi connectivity index (χ2v) is 6.64. The van der Waals surface area contributed by atoms with Crippen molar-refractivity contribution in [2.24, 2.45) is 0 Å². The molecule has 1 heterocycles. The minimum Gasteiger partial charge on any atom is -0.272 e.